The van der Waals surface area contributed by atoms with Crippen molar-refractivity contribution in [2.24, 2.45) is 0 Å². The maximum atomic E-state index is 11.8. The third-order valence-electron chi connectivity index (χ3n) is 2.56. The summed E-state index contributed by atoms with van der Waals surface area (Å²) in [4.78, 5) is 11.8. The van der Waals surface area contributed by atoms with E-state index in [0.29, 0.717) is 13.2 Å². The zero-order valence-electron chi connectivity index (χ0n) is 10.6. The normalized spacial score (nSPS) is 12.2. The van der Waals surface area contributed by atoms with Crippen molar-refractivity contribution >= 4 is 11.6 Å². The number of hydrogen-bond acceptors (Lipinski definition) is 3. The van der Waals surface area contributed by atoms with Gasteiger partial charge in [0.25, 0.3) is 0 Å². The van der Waals surface area contributed by atoms with Gasteiger partial charge in [-0.2, -0.15) is 0 Å². The van der Waals surface area contributed by atoms with Crippen LogP contribution in [-0.4, -0.2) is 25.6 Å². The molecule has 1 amide bonds. The first kappa shape index (κ1) is 13.7. The van der Waals surface area contributed by atoms with Crippen LogP contribution in [0.2, 0.25) is 0 Å². The minimum absolute atomic E-state index is 0.0450. The van der Waals surface area contributed by atoms with Gasteiger partial charge in [0.1, 0.15) is 0 Å². The number of likely N-dealkylation sites (N-methyl/N-ethyl adjacent to an activating group) is 1. The van der Waals surface area contributed by atoms with Crippen molar-refractivity contribution in [2.75, 3.05) is 19.0 Å². The highest BCUT2D eigenvalue weighted by atomic mass is 16.5. The SMILES string of the molecule is CCOCc1ccccc1NC(=O)C(C)NC. The van der Waals surface area contributed by atoms with Crippen LogP contribution in [0.1, 0.15) is 19.4 Å². The molecular weight excluding hydrogens is 216 g/mol. The lowest BCUT2D eigenvalue weighted by Gasteiger charge is -2.14. The lowest BCUT2D eigenvalue weighted by Crippen LogP contribution is -2.35. The molecule has 94 valence electrons. The number of benzene rings is 1. The number of hydrogen-bond donors (Lipinski definition) is 2. The molecule has 2 N–H and O–H groups in total. The van der Waals surface area contributed by atoms with E-state index < -0.39 is 0 Å². The first-order chi connectivity index (χ1) is 8.19. The minimum atomic E-state index is -0.213. The van der Waals surface area contributed by atoms with Gasteiger partial charge >= 0.3 is 0 Å². The Bertz CT molecular complexity index is 366. The average molecular weight is 236 g/mol. The molecule has 0 aromatic heterocycles. The summed E-state index contributed by atoms with van der Waals surface area (Å²) in [6.07, 6.45) is 0. The average Bonchev–Trinajstić information content (AvgIpc) is 2.36. The van der Waals surface area contributed by atoms with Crippen LogP contribution in [0, 0.1) is 0 Å². The first-order valence-corrected chi connectivity index (χ1v) is 5.82. The maximum Gasteiger partial charge on any atom is 0.241 e. The predicted octanol–water partition coefficient (Wildman–Crippen LogP) is 1.77. The monoisotopic (exact) mass is 236 g/mol. The molecule has 0 fully saturated rings. The van der Waals surface area contributed by atoms with E-state index >= 15 is 0 Å². The first-order valence-electron chi connectivity index (χ1n) is 5.82. The molecule has 0 spiro atoms. The fraction of sp³-hybridized carbons (Fsp3) is 0.462. The highest BCUT2D eigenvalue weighted by molar-refractivity contribution is 5.95. The van der Waals surface area contributed by atoms with E-state index in [1.807, 2.05) is 38.1 Å². The Hall–Kier alpha value is -1.39. The summed E-state index contributed by atoms with van der Waals surface area (Å²) in [7, 11) is 1.76. The van der Waals surface area contributed by atoms with Gasteiger partial charge in [-0.1, -0.05) is 18.2 Å². The molecule has 0 aliphatic carbocycles. The van der Waals surface area contributed by atoms with Crippen molar-refractivity contribution in [2.45, 2.75) is 26.5 Å². The fourth-order valence-corrected chi connectivity index (χ4v) is 1.35. The molecule has 0 saturated heterocycles. The Morgan fingerprint density at radius 2 is 2.12 bits per heavy atom. The predicted molar refractivity (Wildman–Crippen MR) is 68.9 cm³/mol. The van der Waals surface area contributed by atoms with E-state index in [0.717, 1.165) is 11.3 Å². The van der Waals surface area contributed by atoms with E-state index in [2.05, 4.69) is 10.6 Å². The molecule has 4 nitrogen and oxygen atoms in total. The van der Waals surface area contributed by atoms with Crippen molar-refractivity contribution in [3.05, 3.63) is 29.8 Å². The lowest BCUT2D eigenvalue weighted by molar-refractivity contribution is -0.117. The van der Waals surface area contributed by atoms with Crippen LogP contribution in [0.15, 0.2) is 24.3 Å². The van der Waals surface area contributed by atoms with Crippen LogP contribution < -0.4 is 10.6 Å². The molecule has 17 heavy (non-hydrogen) atoms. The molecule has 0 aliphatic rings. The van der Waals surface area contributed by atoms with Gasteiger partial charge < -0.3 is 15.4 Å². The summed E-state index contributed by atoms with van der Waals surface area (Å²) in [6.45, 7) is 4.95. The molecule has 4 heteroatoms. The molecular formula is C13H20N2O2. The summed E-state index contributed by atoms with van der Waals surface area (Å²) >= 11 is 0. The van der Waals surface area contributed by atoms with Crippen molar-refractivity contribution in [3.8, 4) is 0 Å². The number of amides is 1. The van der Waals surface area contributed by atoms with Crippen molar-refractivity contribution in [1.82, 2.24) is 5.32 Å². The van der Waals surface area contributed by atoms with E-state index in [-0.39, 0.29) is 11.9 Å². The quantitative estimate of drug-likeness (QED) is 0.791. The third-order valence-corrected chi connectivity index (χ3v) is 2.56. The number of nitrogens with one attached hydrogen (secondary N) is 2. The smallest absolute Gasteiger partial charge is 0.241 e. The van der Waals surface area contributed by atoms with Crippen LogP contribution in [0.3, 0.4) is 0 Å². The Morgan fingerprint density at radius 1 is 1.41 bits per heavy atom. The molecule has 1 rings (SSSR count). The van der Waals surface area contributed by atoms with Gasteiger partial charge in [-0.05, 0) is 27.0 Å². The Balaban J connectivity index is 2.72. The highest BCUT2D eigenvalue weighted by Crippen LogP contribution is 2.16. The summed E-state index contributed by atoms with van der Waals surface area (Å²) in [5, 5.41) is 5.79. The second-order valence-corrected chi connectivity index (χ2v) is 3.79. The number of carbonyl (C=O) groups excluding carboxylic acids is 1. The summed E-state index contributed by atoms with van der Waals surface area (Å²) in [6, 6.07) is 7.46. The van der Waals surface area contributed by atoms with Crippen LogP contribution in [0.4, 0.5) is 5.69 Å². The van der Waals surface area contributed by atoms with Gasteiger partial charge in [-0.25, -0.2) is 0 Å². The standard InChI is InChI=1S/C13H20N2O2/c1-4-17-9-11-7-5-6-8-12(11)15-13(16)10(2)14-3/h5-8,10,14H,4,9H2,1-3H3,(H,15,16). The lowest BCUT2D eigenvalue weighted by atomic mass is 10.2. The summed E-state index contributed by atoms with van der Waals surface area (Å²) in [5.41, 5.74) is 1.80. The van der Waals surface area contributed by atoms with E-state index in [9.17, 15) is 4.79 Å². The third kappa shape index (κ3) is 4.17. The Morgan fingerprint density at radius 3 is 2.76 bits per heavy atom. The molecule has 0 aliphatic heterocycles. The fourth-order valence-electron chi connectivity index (χ4n) is 1.35. The van der Waals surface area contributed by atoms with Gasteiger partial charge in [-0.3, -0.25) is 4.79 Å². The Labute approximate surface area is 102 Å². The largest absolute Gasteiger partial charge is 0.377 e. The molecule has 0 saturated carbocycles. The number of ether oxygens (including phenoxy) is 1. The highest BCUT2D eigenvalue weighted by Gasteiger charge is 2.11. The zero-order chi connectivity index (χ0) is 12.7. The molecule has 0 radical (unpaired) electrons. The van der Waals surface area contributed by atoms with Crippen LogP contribution in [0.25, 0.3) is 0 Å². The summed E-state index contributed by atoms with van der Waals surface area (Å²) < 4.78 is 5.36. The number of para-hydroxylation sites is 1. The molecule has 0 heterocycles. The number of carbonyl (C=O) groups is 1. The molecule has 1 aromatic carbocycles. The Kier molecular flexibility index (Phi) is 5.66. The number of anilines is 1. The van der Waals surface area contributed by atoms with Crippen LogP contribution >= 0.6 is 0 Å². The zero-order valence-corrected chi connectivity index (χ0v) is 10.6. The van der Waals surface area contributed by atoms with Crippen molar-refractivity contribution in [3.63, 3.8) is 0 Å². The van der Waals surface area contributed by atoms with Crippen molar-refractivity contribution < 1.29 is 9.53 Å². The van der Waals surface area contributed by atoms with Crippen LogP contribution in [0.5, 0.6) is 0 Å². The van der Waals surface area contributed by atoms with E-state index in [1.54, 1.807) is 7.05 Å². The molecule has 1 unspecified atom stereocenters. The summed E-state index contributed by atoms with van der Waals surface area (Å²) in [5.74, 6) is -0.0450. The molecule has 0 bridgehead atoms. The minimum Gasteiger partial charge on any atom is -0.377 e. The molecule has 1 aromatic rings. The van der Waals surface area contributed by atoms with Gasteiger partial charge in [0, 0.05) is 17.9 Å². The van der Waals surface area contributed by atoms with Gasteiger partial charge in [0.15, 0.2) is 0 Å². The topological polar surface area (TPSA) is 50.4 Å². The van der Waals surface area contributed by atoms with Crippen LogP contribution in [-0.2, 0) is 16.1 Å². The van der Waals surface area contributed by atoms with E-state index in [4.69, 9.17) is 4.74 Å². The maximum absolute atomic E-state index is 11.8. The van der Waals surface area contributed by atoms with Crippen molar-refractivity contribution in [1.29, 1.82) is 0 Å². The second-order valence-electron chi connectivity index (χ2n) is 3.79. The van der Waals surface area contributed by atoms with Gasteiger partial charge in [0.05, 0.1) is 12.6 Å². The molecule has 1 atom stereocenters. The van der Waals surface area contributed by atoms with Gasteiger partial charge in [0.2, 0.25) is 5.91 Å². The second kappa shape index (κ2) is 7.04. The number of rotatable bonds is 6. The van der Waals surface area contributed by atoms with Gasteiger partial charge in [-0.15, -0.1) is 0 Å². The van der Waals surface area contributed by atoms with E-state index in [1.165, 1.54) is 0 Å².